The van der Waals surface area contributed by atoms with Gasteiger partial charge in [-0.15, -0.1) is 11.3 Å². The number of benzene rings is 5. The molecule has 3 heterocycles. The molecule has 0 amide bonds. The molecule has 3 aromatic heterocycles. The van der Waals surface area contributed by atoms with E-state index in [2.05, 4.69) is 127 Å². The Morgan fingerprint density at radius 3 is 1.90 bits per heavy atom. The van der Waals surface area contributed by atoms with Crippen molar-refractivity contribution in [1.82, 2.24) is 9.97 Å². The topological polar surface area (TPSA) is 25.8 Å². The molecule has 0 radical (unpaired) electrons. The summed E-state index contributed by atoms with van der Waals surface area (Å²) in [7, 11) is 0. The van der Waals surface area contributed by atoms with E-state index in [-0.39, 0.29) is 0 Å². The number of hydrogen-bond acceptors (Lipinski definition) is 3. The monoisotopic (exact) mass is 514 g/mol. The van der Waals surface area contributed by atoms with Gasteiger partial charge in [-0.3, -0.25) is 0 Å². The highest BCUT2D eigenvalue weighted by Crippen LogP contribution is 2.43. The van der Waals surface area contributed by atoms with Crippen molar-refractivity contribution < 1.29 is 0 Å². The van der Waals surface area contributed by atoms with E-state index in [1.54, 1.807) is 0 Å². The van der Waals surface area contributed by atoms with Gasteiger partial charge in [-0.05, 0) is 35.4 Å². The van der Waals surface area contributed by atoms with Crippen LogP contribution in [-0.4, -0.2) is 9.97 Å². The molecule has 8 rings (SSSR count). The molecule has 5 aromatic carbocycles. The van der Waals surface area contributed by atoms with Crippen molar-refractivity contribution in [3.63, 3.8) is 0 Å². The van der Waals surface area contributed by atoms with Crippen LogP contribution in [-0.2, 0) is 0 Å². The first-order valence-corrected chi connectivity index (χ1v) is 13.9. The van der Waals surface area contributed by atoms with Crippen LogP contribution in [0, 0.1) is 0 Å². The van der Waals surface area contributed by atoms with Gasteiger partial charge in [0.25, 0.3) is 0 Å². The fourth-order valence-electron chi connectivity index (χ4n) is 5.62. The predicted molar refractivity (Wildman–Crippen MR) is 166 cm³/mol. The lowest BCUT2D eigenvalue weighted by atomic mass is 9.97. The standard InChI is InChI=1S/C36H22N2S/c1-3-11-23(12-4-1)25-21-31(24-13-5-2-6-14-24)37-32(22-25)35-29-20-19-27-26-15-8-10-18-33(26)39-36(27)34(29)28-16-7-9-17-30(28)38-35/h1-22H. The summed E-state index contributed by atoms with van der Waals surface area (Å²) >= 11 is 1.86. The predicted octanol–water partition coefficient (Wildman–Crippen LogP) is 10.2. The number of para-hydroxylation sites is 1. The van der Waals surface area contributed by atoms with E-state index in [4.69, 9.17) is 9.97 Å². The molecule has 3 heteroatoms. The van der Waals surface area contributed by atoms with Gasteiger partial charge < -0.3 is 0 Å². The van der Waals surface area contributed by atoms with Crippen molar-refractivity contribution in [2.45, 2.75) is 0 Å². The Bertz CT molecular complexity index is 2110. The Morgan fingerprint density at radius 1 is 0.436 bits per heavy atom. The average molecular weight is 515 g/mol. The fourth-order valence-corrected chi connectivity index (χ4v) is 6.88. The Labute approximate surface area is 229 Å². The third-order valence-electron chi connectivity index (χ3n) is 7.45. The van der Waals surface area contributed by atoms with Gasteiger partial charge in [-0.1, -0.05) is 109 Å². The van der Waals surface area contributed by atoms with Crippen LogP contribution < -0.4 is 0 Å². The minimum absolute atomic E-state index is 0.881. The minimum Gasteiger partial charge on any atom is -0.246 e. The minimum atomic E-state index is 0.881. The van der Waals surface area contributed by atoms with E-state index in [9.17, 15) is 0 Å². The molecule has 8 aromatic rings. The summed E-state index contributed by atoms with van der Waals surface area (Å²) in [6.45, 7) is 0. The van der Waals surface area contributed by atoms with Crippen molar-refractivity contribution in [3.05, 3.63) is 133 Å². The third-order valence-corrected chi connectivity index (χ3v) is 8.66. The lowest BCUT2D eigenvalue weighted by molar-refractivity contribution is 1.29. The zero-order chi connectivity index (χ0) is 25.8. The van der Waals surface area contributed by atoms with E-state index in [1.807, 2.05) is 17.4 Å². The molecule has 39 heavy (non-hydrogen) atoms. The molecule has 0 saturated heterocycles. The highest BCUT2D eigenvalue weighted by molar-refractivity contribution is 7.26. The number of fused-ring (bicyclic) bond motifs is 7. The van der Waals surface area contributed by atoms with Gasteiger partial charge in [0.2, 0.25) is 0 Å². The maximum atomic E-state index is 5.25. The summed E-state index contributed by atoms with van der Waals surface area (Å²) in [4.78, 5) is 10.5. The molecule has 0 aliphatic rings. The normalized spacial score (nSPS) is 11.6. The van der Waals surface area contributed by atoms with Gasteiger partial charge in [0, 0.05) is 41.9 Å². The molecule has 0 aliphatic heterocycles. The number of hydrogen-bond donors (Lipinski definition) is 0. The highest BCUT2D eigenvalue weighted by atomic mass is 32.1. The average Bonchev–Trinajstić information content (AvgIpc) is 3.40. The van der Waals surface area contributed by atoms with E-state index in [1.165, 1.54) is 30.9 Å². The summed E-state index contributed by atoms with van der Waals surface area (Å²) in [6, 6.07) is 47.0. The molecular formula is C36H22N2S. The SMILES string of the molecule is c1ccc(-c2cc(-c3ccccc3)nc(-c3nc4ccccc4c4c3ccc3c5ccccc5sc34)c2)cc1. The van der Waals surface area contributed by atoms with Gasteiger partial charge in [0.1, 0.15) is 0 Å². The maximum Gasteiger partial charge on any atom is 0.0973 e. The summed E-state index contributed by atoms with van der Waals surface area (Å²) < 4.78 is 2.61. The van der Waals surface area contributed by atoms with Crippen molar-refractivity contribution in [2.24, 2.45) is 0 Å². The van der Waals surface area contributed by atoms with Crippen LogP contribution in [0.15, 0.2) is 133 Å². The first-order valence-electron chi connectivity index (χ1n) is 13.1. The van der Waals surface area contributed by atoms with Crippen LogP contribution in [0.25, 0.3) is 75.6 Å². The summed E-state index contributed by atoms with van der Waals surface area (Å²) in [5.74, 6) is 0. The molecule has 0 bridgehead atoms. The second-order valence-corrected chi connectivity index (χ2v) is 10.9. The van der Waals surface area contributed by atoms with Gasteiger partial charge in [0.15, 0.2) is 0 Å². The zero-order valence-corrected chi connectivity index (χ0v) is 21.8. The zero-order valence-electron chi connectivity index (χ0n) is 21.0. The lowest BCUT2D eigenvalue weighted by Gasteiger charge is -2.13. The van der Waals surface area contributed by atoms with Crippen LogP contribution in [0.4, 0.5) is 0 Å². The summed E-state index contributed by atoms with van der Waals surface area (Å²) in [6.07, 6.45) is 0. The highest BCUT2D eigenvalue weighted by Gasteiger charge is 2.18. The summed E-state index contributed by atoms with van der Waals surface area (Å²) in [5.41, 5.74) is 7.11. The van der Waals surface area contributed by atoms with Gasteiger partial charge >= 0.3 is 0 Å². The number of rotatable bonds is 3. The van der Waals surface area contributed by atoms with Gasteiger partial charge in [0.05, 0.1) is 22.6 Å². The molecule has 0 unspecified atom stereocenters. The largest absolute Gasteiger partial charge is 0.246 e. The second-order valence-electron chi connectivity index (χ2n) is 9.80. The van der Waals surface area contributed by atoms with Crippen molar-refractivity contribution in [1.29, 1.82) is 0 Å². The number of aromatic nitrogens is 2. The van der Waals surface area contributed by atoms with E-state index < -0.39 is 0 Å². The van der Waals surface area contributed by atoms with Crippen LogP contribution in [0.2, 0.25) is 0 Å². The Kier molecular flexibility index (Phi) is 5.04. The second kappa shape index (κ2) is 8.87. The molecule has 0 atom stereocenters. The lowest BCUT2D eigenvalue weighted by Crippen LogP contribution is -1.95. The van der Waals surface area contributed by atoms with E-state index >= 15 is 0 Å². The molecule has 0 fully saturated rings. The van der Waals surface area contributed by atoms with Crippen LogP contribution in [0.3, 0.4) is 0 Å². The summed E-state index contributed by atoms with van der Waals surface area (Å²) in [5, 5.41) is 6.15. The van der Waals surface area contributed by atoms with Crippen LogP contribution >= 0.6 is 11.3 Å². The smallest absolute Gasteiger partial charge is 0.0973 e. The molecular weight excluding hydrogens is 492 g/mol. The van der Waals surface area contributed by atoms with Gasteiger partial charge in [-0.2, -0.15) is 0 Å². The van der Waals surface area contributed by atoms with Crippen LogP contribution in [0.1, 0.15) is 0 Å². The first kappa shape index (κ1) is 22.2. The number of nitrogens with zero attached hydrogens (tertiary/aromatic N) is 2. The Morgan fingerprint density at radius 2 is 1.08 bits per heavy atom. The van der Waals surface area contributed by atoms with Crippen molar-refractivity contribution in [3.8, 4) is 33.8 Å². The number of pyridine rings is 2. The first-order chi connectivity index (χ1) is 19.3. The van der Waals surface area contributed by atoms with Crippen molar-refractivity contribution >= 4 is 53.2 Å². The molecule has 182 valence electrons. The number of thiophene rings is 1. The van der Waals surface area contributed by atoms with Crippen LogP contribution in [0.5, 0.6) is 0 Å². The molecule has 0 aliphatic carbocycles. The maximum absolute atomic E-state index is 5.25. The molecule has 2 nitrogen and oxygen atoms in total. The Hall–Kier alpha value is -4.86. The van der Waals surface area contributed by atoms with E-state index in [0.717, 1.165) is 44.7 Å². The molecule has 0 saturated carbocycles. The van der Waals surface area contributed by atoms with Gasteiger partial charge in [-0.25, -0.2) is 9.97 Å². The van der Waals surface area contributed by atoms with Crippen molar-refractivity contribution in [2.75, 3.05) is 0 Å². The Balaban J connectivity index is 1.49. The fraction of sp³-hybridized carbons (Fsp3) is 0. The molecule has 0 N–H and O–H groups in total. The van der Waals surface area contributed by atoms with E-state index in [0.29, 0.717) is 0 Å². The molecule has 0 spiro atoms. The quantitative estimate of drug-likeness (QED) is 0.219. The third kappa shape index (κ3) is 3.63.